The molecule has 0 radical (unpaired) electrons. The molecule has 1 aromatic rings. The molecule has 4 unspecified atom stereocenters. The lowest BCUT2D eigenvalue weighted by molar-refractivity contribution is -0.131. The molecule has 1 fully saturated rings. The Morgan fingerprint density at radius 2 is 2.06 bits per heavy atom. The lowest BCUT2D eigenvalue weighted by Gasteiger charge is -2.31. The van der Waals surface area contributed by atoms with Crippen molar-refractivity contribution in [2.24, 2.45) is 5.92 Å². The lowest BCUT2D eigenvalue weighted by Crippen LogP contribution is -2.46. The highest BCUT2D eigenvalue weighted by Crippen LogP contribution is 2.34. The van der Waals surface area contributed by atoms with Crippen LogP contribution in [0.25, 0.3) is 0 Å². The van der Waals surface area contributed by atoms with Crippen LogP contribution in [0.3, 0.4) is 0 Å². The van der Waals surface area contributed by atoms with Gasteiger partial charge >= 0.3 is 0 Å². The van der Waals surface area contributed by atoms with Gasteiger partial charge in [-0.3, -0.25) is 9.69 Å². The molecule has 1 aromatic carbocycles. The van der Waals surface area contributed by atoms with Gasteiger partial charge in [0.05, 0.1) is 18.7 Å². The van der Waals surface area contributed by atoms with Crippen LogP contribution in [0.15, 0.2) is 48.6 Å². The van der Waals surface area contributed by atoms with Gasteiger partial charge in [0.15, 0.2) is 0 Å². The fourth-order valence-electron chi connectivity index (χ4n) is 5.07. The molecule has 5 nitrogen and oxygen atoms in total. The van der Waals surface area contributed by atoms with E-state index >= 15 is 0 Å². The highest BCUT2D eigenvalue weighted by molar-refractivity contribution is 5.79. The molecule has 1 aliphatic heterocycles. The number of hydrogen-bond donors (Lipinski definition) is 1. The van der Waals surface area contributed by atoms with Crippen molar-refractivity contribution < 1.29 is 4.79 Å². The first-order chi connectivity index (χ1) is 17.4. The van der Waals surface area contributed by atoms with Crippen LogP contribution in [0.1, 0.15) is 83.9 Å². The molecular weight excluding hydrogens is 444 g/mol. The number of allylic oxidation sites excluding steroid dienone is 2. The van der Waals surface area contributed by atoms with E-state index in [-0.39, 0.29) is 24.5 Å². The second-order valence-corrected chi connectivity index (χ2v) is 10.4. The summed E-state index contributed by atoms with van der Waals surface area (Å²) < 4.78 is 0. The summed E-state index contributed by atoms with van der Waals surface area (Å²) in [5.74, 6) is 0.470. The Morgan fingerprint density at radius 3 is 2.72 bits per heavy atom. The lowest BCUT2D eigenvalue weighted by atomic mass is 9.90. The number of carbonyl (C=O) groups is 1. The van der Waals surface area contributed by atoms with Crippen molar-refractivity contribution in [2.75, 3.05) is 26.2 Å². The molecule has 1 amide bonds. The van der Waals surface area contributed by atoms with E-state index in [0.717, 1.165) is 38.8 Å². The summed E-state index contributed by atoms with van der Waals surface area (Å²) in [6.45, 7) is 17.3. The molecule has 0 spiro atoms. The number of nitrogens with one attached hydrogen (secondary N) is 1. The van der Waals surface area contributed by atoms with Gasteiger partial charge in [-0.25, -0.2) is 0 Å². The minimum atomic E-state index is -0.394. The van der Waals surface area contributed by atoms with Gasteiger partial charge in [0, 0.05) is 25.7 Å². The molecule has 4 atom stereocenters. The SMILES string of the molecule is C=CC(C)C/C=C(\C)C(c1ccccc1CCCC)N1CCC(NCC(=O)N(CCC)C(C)C#N)C1. The molecule has 0 saturated carbocycles. The predicted octanol–water partition coefficient (Wildman–Crippen LogP) is 6.04. The third kappa shape index (κ3) is 8.61. The van der Waals surface area contributed by atoms with E-state index in [0.29, 0.717) is 12.5 Å². The number of aryl methyl sites for hydroxylation is 1. The third-order valence-electron chi connectivity index (χ3n) is 7.36. The first kappa shape index (κ1) is 29.8. The van der Waals surface area contributed by atoms with Gasteiger partial charge in [0.25, 0.3) is 0 Å². The van der Waals surface area contributed by atoms with Crippen molar-refractivity contribution in [3.8, 4) is 6.07 Å². The first-order valence-corrected chi connectivity index (χ1v) is 13.9. The number of amides is 1. The third-order valence-corrected chi connectivity index (χ3v) is 7.36. The van der Waals surface area contributed by atoms with Crippen molar-refractivity contribution >= 4 is 5.91 Å². The van der Waals surface area contributed by atoms with Crippen LogP contribution >= 0.6 is 0 Å². The van der Waals surface area contributed by atoms with Crippen LogP contribution in [0, 0.1) is 17.2 Å². The molecule has 36 heavy (non-hydrogen) atoms. The molecule has 2 rings (SSSR count). The quantitative estimate of drug-likeness (QED) is 0.303. The van der Waals surface area contributed by atoms with Gasteiger partial charge in [-0.15, -0.1) is 6.58 Å². The Bertz CT molecular complexity index is 902. The number of hydrogen-bond acceptors (Lipinski definition) is 4. The summed E-state index contributed by atoms with van der Waals surface area (Å²) in [6, 6.07) is 11.3. The zero-order valence-corrected chi connectivity index (χ0v) is 23.3. The summed E-state index contributed by atoms with van der Waals surface area (Å²) in [5.41, 5.74) is 4.25. The molecule has 0 bridgehead atoms. The van der Waals surface area contributed by atoms with Gasteiger partial charge in [-0.05, 0) is 63.0 Å². The standard InChI is InChI=1S/C31H48N4O/c1-7-10-13-27-14-11-12-15-29(27)31(25(5)17-16-24(4)9-3)34-20-18-28(23-34)33-22-30(36)35(19-8-2)26(6)21-32/h9,11-12,14-15,17,24,26,28,31,33H,3,7-8,10,13,16,18-20,22-23H2,1-2,4-6H3/b25-17+. The van der Waals surface area contributed by atoms with E-state index in [1.807, 2.05) is 13.0 Å². The van der Waals surface area contributed by atoms with Gasteiger partial charge < -0.3 is 10.2 Å². The summed E-state index contributed by atoms with van der Waals surface area (Å²) in [5, 5.41) is 12.8. The number of rotatable bonds is 15. The van der Waals surface area contributed by atoms with Crippen molar-refractivity contribution in [3.63, 3.8) is 0 Å². The van der Waals surface area contributed by atoms with Gasteiger partial charge in [0.2, 0.25) is 5.91 Å². The van der Waals surface area contributed by atoms with E-state index in [2.05, 4.69) is 74.0 Å². The molecule has 5 heteroatoms. The van der Waals surface area contributed by atoms with E-state index < -0.39 is 6.04 Å². The Morgan fingerprint density at radius 1 is 1.31 bits per heavy atom. The molecule has 1 saturated heterocycles. The van der Waals surface area contributed by atoms with E-state index in [9.17, 15) is 10.1 Å². The average Bonchev–Trinajstić information content (AvgIpc) is 3.36. The molecule has 0 aliphatic carbocycles. The topological polar surface area (TPSA) is 59.4 Å². The number of nitrogens with zero attached hydrogens (tertiary/aromatic N) is 3. The fourth-order valence-corrected chi connectivity index (χ4v) is 5.07. The summed E-state index contributed by atoms with van der Waals surface area (Å²) in [7, 11) is 0. The summed E-state index contributed by atoms with van der Waals surface area (Å²) in [6.07, 6.45) is 10.8. The fraction of sp³-hybridized carbons (Fsp3) is 0.613. The van der Waals surface area contributed by atoms with Crippen LogP contribution in [-0.4, -0.2) is 54.0 Å². The van der Waals surface area contributed by atoms with Crippen molar-refractivity contribution in [3.05, 3.63) is 59.7 Å². The molecule has 1 heterocycles. The highest BCUT2D eigenvalue weighted by atomic mass is 16.2. The Kier molecular flexibility index (Phi) is 12.9. The van der Waals surface area contributed by atoms with Crippen molar-refractivity contribution in [1.82, 2.24) is 15.1 Å². The van der Waals surface area contributed by atoms with Crippen molar-refractivity contribution in [2.45, 2.75) is 91.3 Å². The minimum Gasteiger partial charge on any atom is -0.326 e. The molecule has 0 aromatic heterocycles. The van der Waals surface area contributed by atoms with Crippen LogP contribution in [0.2, 0.25) is 0 Å². The number of likely N-dealkylation sites (tertiary alicyclic amines) is 1. The van der Waals surface area contributed by atoms with Crippen LogP contribution in [0.4, 0.5) is 0 Å². The molecule has 198 valence electrons. The number of carbonyl (C=O) groups excluding carboxylic acids is 1. The van der Waals surface area contributed by atoms with Gasteiger partial charge in [0.1, 0.15) is 6.04 Å². The number of benzene rings is 1. The normalized spacial score (nSPS) is 18.9. The maximum absolute atomic E-state index is 12.8. The van der Waals surface area contributed by atoms with Crippen LogP contribution in [0.5, 0.6) is 0 Å². The van der Waals surface area contributed by atoms with E-state index in [1.165, 1.54) is 29.5 Å². The summed E-state index contributed by atoms with van der Waals surface area (Å²) in [4.78, 5) is 17.1. The predicted molar refractivity (Wildman–Crippen MR) is 151 cm³/mol. The smallest absolute Gasteiger partial charge is 0.237 e. The second-order valence-electron chi connectivity index (χ2n) is 10.4. The Hall–Kier alpha value is -2.42. The summed E-state index contributed by atoms with van der Waals surface area (Å²) >= 11 is 0. The van der Waals surface area contributed by atoms with Crippen molar-refractivity contribution in [1.29, 1.82) is 5.26 Å². The van der Waals surface area contributed by atoms with Gasteiger partial charge in [-0.2, -0.15) is 5.26 Å². The maximum atomic E-state index is 12.8. The molecule has 1 N–H and O–H groups in total. The number of unbranched alkanes of at least 4 members (excludes halogenated alkanes) is 1. The van der Waals surface area contributed by atoms with E-state index in [1.54, 1.807) is 11.8 Å². The zero-order valence-electron chi connectivity index (χ0n) is 23.3. The highest BCUT2D eigenvalue weighted by Gasteiger charge is 2.31. The number of nitriles is 1. The largest absolute Gasteiger partial charge is 0.326 e. The van der Waals surface area contributed by atoms with Crippen LogP contribution < -0.4 is 5.32 Å². The zero-order chi connectivity index (χ0) is 26.5. The average molecular weight is 493 g/mol. The second kappa shape index (κ2) is 15.6. The van der Waals surface area contributed by atoms with Gasteiger partial charge in [-0.1, -0.05) is 69.2 Å². The maximum Gasteiger partial charge on any atom is 0.237 e. The Balaban J connectivity index is 2.18. The monoisotopic (exact) mass is 492 g/mol. The van der Waals surface area contributed by atoms with E-state index in [4.69, 9.17) is 0 Å². The van der Waals surface area contributed by atoms with Crippen LogP contribution in [-0.2, 0) is 11.2 Å². The minimum absolute atomic E-state index is 0.0142. The molecular formula is C31H48N4O. The first-order valence-electron chi connectivity index (χ1n) is 13.9. The molecule has 1 aliphatic rings. The Labute approximate surface area is 220 Å².